The monoisotopic (exact) mass is 213 g/mol. The van der Waals surface area contributed by atoms with Gasteiger partial charge in [-0.2, -0.15) is 0 Å². The van der Waals surface area contributed by atoms with Crippen molar-refractivity contribution >= 4 is 17.0 Å². The largest absolute Gasteiger partial charge is 0.624 e. The van der Waals surface area contributed by atoms with Gasteiger partial charge < -0.3 is 5.21 Å². The van der Waals surface area contributed by atoms with Crippen molar-refractivity contribution in [2.24, 2.45) is 0 Å². The Morgan fingerprint density at radius 1 is 1.06 bits per heavy atom. The predicted molar refractivity (Wildman–Crippen MR) is 67.9 cm³/mol. The molecule has 0 unspecified atom stereocenters. The molecule has 2 aromatic rings. The van der Waals surface area contributed by atoms with Crippen LogP contribution in [0.1, 0.15) is 19.4 Å². The van der Waals surface area contributed by atoms with E-state index >= 15 is 0 Å². The molecular weight excluding hydrogens is 198 g/mol. The molecule has 0 saturated heterocycles. The molecule has 0 heterocycles. The van der Waals surface area contributed by atoms with E-state index in [4.69, 9.17) is 0 Å². The first-order valence-corrected chi connectivity index (χ1v) is 5.46. The van der Waals surface area contributed by atoms with Crippen LogP contribution in [0.5, 0.6) is 0 Å². The zero-order valence-corrected chi connectivity index (χ0v) is 9.55. The Morgan fingerprint density at radius 2 is 1.75 bits per heavy atom. The van der Waals surface area contributed by atoms with E-state index in [2.05, 4.69) is 12.1 Å². The highest BCUT2D eigenvalue weighted by Gasteiger charge is 2.01. The van der Waals surface area contributed by atoms with Crippen LogP contribution in [0, 0.1) is 5.21 Å². The molecule has 0 amide bonds. The first-order chi connectivity index (χ1) is 7.66. The van der Waals surface area contributed by atoms with Gasteiger partial charge in [0.25, 0.3) is 0 Å². The van der Waals surface area contributed by atoms with Crippen LogP contribution in [0.4, 0.5) is 0 Å². The first-order valence-electron chi connectivity index (χ1n) is 5.46. The molecule has 2 heteroatoms. The van der Waals surface area contributed by atoms with E-state index in [-0.39, 0.29) is 6.04 Å². The van der Waals surface area contributed by atoms with Gasteiger partial charge in [0, 0.05) is 5.56 Å². The fourth-order valence-corrected chi connectivity index (χ4v) is 1.58. The van der Waals surface area contributed by atoms with Crippen molar-refractivity contribution in [3.63, 3.8) is 0 Å². The average Bonchev–Trinajstić information content (AvgIpc) is 2.28. The van der Waals surface area contributed by atoms with Crippen LogP contribution < -0.4 is 0 Å². The van der Waals surface area contributed by atoms with Gasteiger partial charge in [0.05, 0.1) is 0 Å². The van der Waals surface area contributed by atoms with Crippen molar-refractivity contribution in [3.05, 3.63) is 53.2 Å². The molecule has 2 aromatic carbocycles. The summed E-state index contributed by atoms with van der Waals surface area (Å²) < 4.78 is 0.976. The Kier molecular flexibility index (Phi) is 2.91. The summed E-state index contributed by atoms with van der Waals surface area (Å²) in [6.07, 6.45) is 1.64. The molecule has 0 aromatic heterocycles. The van der Waals surface area contributed by atoms with Crippen LogP contribution in [-0.4, -0.2) is 17.0 Å². The summed E-state index contributed by atoms with van der Waals surface area (Å²) in [4.78, 5) is 0. The molecule has 0 aliphatic rings. The third-order valence-electron chi connectivity index (χ3n) is 2.56. The van der Waals surface area contributed by atoms with Crippen LogP contribution >= 0.6 is 0 Å². The molecule has 0 N–H and O–H groups in total. The Hall–Kier alpha value is -1.83. The number of benzene rings is 2. The summed E-state index contributed by atoms with van der Waals surface area (Å²) >= 11 is 0. The number of hydroxylamine groups is 1. The molecule has 0 bridgehead atoms. The highest BCUT2D eigenvalue weighted by Crippen LogP contribution is 2.14. The fraction of sp³-hybridized carbons (Fsp3) is 0.214. The second kappa shape index (κ2) is 4.35. The Morgan fingerprint density at radius 3 is 2.44 bits per heavy atom. The minimum absolute atomic E-state index is 0.0218. The van der Waals surface area contributed by atoms with Gasteiger partial charge >= 0.3 is 0 Å². The van der Waals surface area contributed by atoms with Crippen LogP contribution in [0.3, 0.4) is 0 Å². The summed E-state index contributed by atoms with van der Waals surface area (Å²) in [6, 6.07) is 14.1. The lowest BCUT2D eigenvalue weighted by Crippen LogP contribution is -2.14. The van der Waals surface area contributed by atoms with Crippen LogP contribution in [0.15, 0.2) is 42.5 Å². The summed E-state index contributed by atoms with van der Waals surface area (Å²) in [5, 5.41) is 13.9. The van der Waals surface area contributed by atoms with Gasteiger partial charge in [-0.25, -0.2) is 4.74 Å². The number of nitrogens with zero attached hydrogens (tertiary/aromatic N) is 1. The van der Waals surface area contributed by atoms with E-state index in [1.165, 1.54) is 5.39 Å². The van der Waals surface area contributed by atoms with E-state index in [0.717, 1.165) is 15.7 Å². The van der Waals surface area contributed by atoms with Gasteiger partial charge in [0.1, 0.15) is 0 Å². The standard InChI is InChI=1S/C14H15NO/c1-11(2)15(16)10-12-7-8-13-5-3-4-6-14(13)9-12/h3-11H,1-2H3/b15-10-. The topological polar surface area (TPSA) is 26.1 Å². The maximum Gasteiger partial charge on any atom is 0.182 e. The van der Waals surface area contributed by atoms with E-state index in [1.807, 2.05) is 44.2 Å². The van der Waals surface area contributed by atoms with E-state index < -0.39 is 0 Å². The molecule has 0 radical (unpaired) electrons. The molecule has 2 nitrogen and oxygen atoms in total. The molecule has 0 aliphatic heterocycles. The minimum Gasteiger partial charge on any atom is -0.624 e. The summed E-state index contributed by atoms with van der Waals surface area (Å²) in [6.45, 7) is 3.76. The van der Waals surface area contributed by atoms with Gasteiger partial charge in [0.2, 0.25) is 0 Å². The summed E-state index contributed by atoms with van der Waals surface area (Å²) in [5.41, 5.74) is 0.947. The summed E-state index contributed by atoms with van der Waals surface area (Å²) in [7, 11) is 0. The van der Waals surface area contributed by atoms with E-state index in [1.54, 1.807) is 6.21 Å². The molecule has 2 rings (SSSR count). The quantitative estimate of drug-likeness (QED) is 0.325. The molecule has 0 spiro atoms. The molecule has 0 atom stereocenters. The van der Waals surface area contributed by atoms with Crippen LogP contribution in [0.25, 0.3) is 10.8 Å². The van der Waals surface area contributed by atoms with Gasteiger partial charge in [-0.1, -0.05) is 30.3 Å². The third-order valence-corrected chi connectivity index (χ3v) is 2.56. The van der Waals surface area contributed by atoms with Crippen LogP contribution in [0.2, 0.25) is 0 Å². The lowest BCUT2D eigenvalue weighted by atomic mass is 10.1. The van der Waals surface area contributed by atoms with Crippen molar-refractivity contribution in [1.82, 2.24) is 0 Å². The van der Waals surface area contributed by atoms with Crippen molar-refractivity contribution in [1.29, 1.82) is 0 Å². The van der Waals surface area contributed by atoms with Gasteiger partial charge in [0.15, 0.2) is 12.3 Å². The number of rotatable bonds is 2. The number of fused-ring (bicyclic) bond motifs is 1. The van der Waals surface area contributed by atoms with Crippen molar-refractivity contribution < 1.29 is 4.74 Å². The lowest BCUT2D eigenvalue weighted by molar-refractivity contribution is -0.487. The second-order valence-electron chi connectivity index (χ2n) is 4.19. The summed E-state index contributed by atoms with van der Waals surface area (Å²) in [5.74, 6) is 0. The van der Waals surface area contributed by atoms with Crippen molar-refractivity contribution in [2.45, 2.75) is 19.9 Å². The first kappa shape index (κ1) is 10.7. The predicted octanol–water partition coefficient (Wildman–Crippen LogP) is 3.18. The van der Waals surface area contributed by atoms with E-state index in [9.17, 15) is 5.21 Å². The number of hydrogen-bond donors (Lipinski definition) is 0. The highest BCUT2D eigenvalue weighted by molar-refractivity contribution is 5.89. The molecule has 82 valence electrons. The number of hydrogen-bond acceptors (Lipinski definition) is 1. The van der Waals surface area contributed by atoms with E-state index in [0.29, 0.717) is 0 Å². The zero-order valence-electron chi connectivity index (χ0n) is 9.55. The third kappa shape index (κ3) is 2.22. The molecular formula is C14H15NO. The van der Waals surface area contributed by atoms with Gasteiger partial charge in [-0.3, -0.25) is 0 Å². The highest BCUT2D eigenvalue weighted by atomic mass is 16.5. The minimum atomic E-state index is -0.0218. The normalized spacial score (nSPS) is 12.3. The van der Waals surface area contributed by atoms with Gasteiger partial charge in [-0.15, -0.1) is 0 Å². The van der Waals surface area contributed by atoms with Gasteiger partial charge in [-0.05, 0) is 36.8 Å². The molecule has 0 saturated carbocycles. The Labute approximate surface area is 95.4 Å². The maximum absolute atomic E-state index is 11.5. The second-order valence-corrected chi connectivity index (χ2v) is 4.19. The molecule has 0 aliphatic carbocycles. The van der Waals surface area contributed by atoms with Crippen molar-refractivity contribution in [2.75, 3.05) is 0 Å². The molecule has 0 fully saturated rings. The Balaban J connectivity index is 2.44. The van der Waals surface area contributed by atoms with Crippen molar-refractivity contribution in [3.8, 4) is 0 Å². The van der Waals surface area contributed by atoms with Crippen LogP contribution in [-0.2, 0) is 0 Å². The average molecular weight is 213 g/mol. The Bertz CT molecular complexity index is 529. The molecule has 16 heavy (non-hydrogen) atoms. The smallest absolute Gasteiger partial charge is 0.182 e. The fourth-order valence-electron chi connectivity index (χ4n) is 1.58. The maximum atomic E-state index is 11.5. The lowest BCUT2D eigenvalue weighted by Gasteiger charge is -2.07. The SMILES string of the molecule is CC(C)/[N+]([O-])=C/c1ccc2ccccc2c1. The zero-order chi connectivity index (χ0) is 11.5.